The first-order valence-corrected chi connectivity index (χ1v) is 4.79. The van der Waals surface area contributed by atoms with Crippen LogP contribution in [0.2, 0.25) is 0 Å². The molecule has 0 fully saturated rings. The summed E-state index contributed by atoms with van der Waals surface area (Å²) in [5, 5.41) is 2.83. The van der Waals surface area contributed by atoms with Crippen LogP contribution < -0.4 is 10.2 Å². The van der Waals surface area contributed by atoms with Crippen LogP contribution in [0.15, 0.2) is 18.2 Å². The van der Waals surface area contributed by atoms with Crippen LogP contribution in [0.25, 0.3) is 0 Å². The molecule has 1 aliphatic heterocycles. The minimum absolute atomic E-state index is 0.0124. The van der Waals surface area contributed by atoms with E-state index >= 15 is 0 Å². The SMILES string of the molecule is C#CCN1CC(=O)Nc2ccc(C)cc21. The van der Waals surface area contributed by atoms with E-state index in [1.165, 1.54) is 0 Å². The second-order valence-electron chi connectivity index (χ2n) is 3.63. The largest absolute Gasteiger partial charge is 0.349 e. The van der Waals surface area contributed by atoms with E-state index in [2.05, 4.69) is 11.2 Å². The smallest absolute Gasteiger partial charge is 0.243 e. The molecule has 0 spiro atoms. The molecule has 0 atom stereocenters. The van der Waals surface area contributed by atoms with Gasteiger partial charge in [0.2, 0.25) is 5.91 Å². The van der Waals surface area contributed by atoms with Gasteiger partial charge in [0.15, 0.2) is 0 Å². The van der Waals surface area contributed by atoms with Crippen LogP contribution in [-0.4, -0.2) is 19.0 Å². The van der Waals surface area contributed by atoms with Crippen molar-refractivity contribution in [3.8, 4) is 12.3 Å². The molecule has 1 aliphatic rings. The topological polar surface area (TPSA) is 32.3 Å². The standard InChI is InChI=1S/C12H12N2O/c1-3-6-14-8-12(15)13-10-5-4-9(2)7-11(10)14/h1,4-5,7H,6,8H2,2H3,(H,13,15). The molecule has 76 valence electrons. The third-order valence-electron chi connectivity index (χ3n) is 2.38. The van der Waals surface area contributed by atoms with Crippen LogP contribution >= 0.6 is 0 Å². The van der Waals surface area contributed by atoms with E-state index in [9.17, 15) is 4.79 Å². The van der Waals surface area contributed by atoms with Gasteiger partial charge in [-0.1, -0.05) is 12.0 Å². The lowest BCUT2D eigenvalue weighted by atomic mass is 10.1. The Balaban J connectivity index is 2.43. The van der Waals surface area contributed by atoms with Crippen LogP contribution in [0.4, 0.5) is 11.4 Å². The molecule has 1 aromatic carbocycles. The third-order valence-corrected chi connectivity index (χ3v) is 2.38. The van der Waals surface area contributed by atoms with Crippen LogP contribution in [0.3, 0.4) is 0 Å². The van der Waals surface area contributed by atoms with Crippen molar-refractivity contribution in [2.24, 2.45) is 0 Å². The van der Waals surface area contributed by atoms with Crippen molar-refractivity contribution in [2.45, 2.75) is 6.92 Å². The van der Waals surface area contributed by atoms with Gasteiger partial charge in [0.1, 0.15) is 0 Å². The predicted molar refractivity (Wildman–Crippen MR) is 60.9 cm³/mol. The molecule has 15 heavy (non-hydrogen) atoms. The molecule has 3 heteroatoms. The lowest BCUT2D eigenvalue weighted by Crippen LogP contribution is -2.38. The first kappa shape index (κ1) is 9.60. The van der Waals surface area contributed by atoms with E-state index < -0.39 is 0 Å². The van der Waals surface area contributed by atoms with Crippen LogP contribution in [0, 0.1) is 19.3 Å². The highest BCUT2D eigenvalue weighted by Gasteiger charge is 2.20. The van der Waals surface area contributed by atoms with Gasteiger partial charge < -0.3 is 10.2 Å². The first-order valence-electron chi connectivity index (χ1n) is 4.79. The number of rotatable bonds is 1. The Morgan fingerprint density at radius 2 is 2.40 bits per heavy atom. The van der Waals surface area contributed by atoms with Gasteiger partial charge in [0.25, 0.3) is 0 Å². The quantitative estimate of drug-likeness (QED) is 0.695. The maximum absolute atomic E-state index is 11.4. The van der Waals surface area contributed by atoms with Crippen LogP contribution in [0.1, 0.15) is 5.56 Å². The summed E-state index contributed by atoms with van der Waals surface area (Å²) in [6.45, 7) is 2.81. The number of hydrogen-bond acceptors (Lipinski definition) is 2. The highest BCUT2D eigenvalue weighted by Crippen LogP contribution is 2.29. The number of benzene rings is 1. The zero-order chi connectivity index (χ0) is 10.8. The molecule has 0 saturated heterocycles. The van der Waals surface area contributed by atoms with Gasteiger partial charge in [-0.05, 0) is 24.6 Å². The fourth-order valence-corrected chi connectivity index (χ4v) is 1.71. The number of nitrogens with one attached hydrogen (secondary N) is 1. The van der Waals surface area contributed by atoms with Crippen molar-refractivity contribution in [1.29, 1.82) is 0 Å². The average Bonchev–Trinajstić information content (AvgIpc) is 2.19. The average molecular weight is 200 g/mol. The molecule has 3 nitrogen and oxygen atoms in total. The summed E-state index contributed by atoms with van der Waals surface area (Å²) in [5.74, 6) is 2.55. The van der Waals surface area contributed by atoms with Gasteiger partial charge in [-0.25, -0.2) is 0 Å². The minimum Gasteiger partial charge on any atom is -0.349 e. The summed E-state index contributed by atoms with van der Waals surface area (Å²) in [5.41, 5.74) is 3.01. The maximum atomic E-state index is 11.4. The molecular formula is C12H12N2O. The number of amides is 1. The molecule has 1 amide bonds. The molecule has 0 aromatic heterocycles. The fourth-order valence-electron chi connectivity index (χ4n) is 1.71. The molecular weight excluding hydrogens is 188 g/mol. The number of carbonyl (C=O) groups is 1. The van der Waals surface area contributed by atoms with Crippen molar-refractivity contribution < 1.29 is 4.79 Å². The number of aryl methyl sites for hydroxylation is 1. The molecule has 0 unspecified atom stereocenters. The van der Waals surface area contributed by atoms with Gasteiger partial charge in [-0.2, -0.15) is 0 Å². The van der Waals surface area contributed by atoms with Gasteiger partial charge in [-0.15, -0.1) is 6.42 Å². The summed E-state index contributed by atoms with van der Waals surface area (Å²) in [4.78, 5) is 13.3. The van der Waals surface area contributed by atoms with Crippen molar-refractivity contribution in [1.82, 2.24) is 0 Å². The lowest BCUT2D eigenvalue weighted by molar-refractivity contribution is -0.115. The van der Waals surface area contributed by atoms with E-state index in [-0.39, 0.29) is 5.91 Å². The minimum atomic E-state index is -0.0124. The van der Waals surface area contributed by atoms with Crippen LogP contribution in [-0.2, 0) is 4.79 Å². The van der Waals surface area contributed by atoms with Gasteiger partial charge in [0.05, 0.1) is 24.5 Å². The Hall–Kier alpha value is -1.95. The van der Waals surface area contributed by atoms with E-state index in [1.807, 2.05) is 30.0 Å². The van der Waals surface area contributed by atoms with Crippen LogP contribution in [0.5, 0.6) is 0 Å². The van der Waals surface area contributed by atoms with E-state index in [1.54, 1.807) is 0 Å². The summed E-state index contributed by atoms with van der Waals surface area (Å²) < 4.78 is 0. The Kier molecular flexibility index (Phi) is 2.34. The van der Waals surface area contributed by atoms with Gasteiger partial charge in [0, 0.05) is 0 Å². The molecule has 0 aliphatic carbocycles. The molecule has 2 rings (SSSR count). The summed E-state index contributed by atoms with van der Waals surface area (Å²) in [7, 11) is 0. The van der Waals surface area contributed by atoms with E-state index in [0.29, 0.717) is 13.1 Å². The summed E-state index contributed by atoms with van der Waals surface area (Å²) in [6.07, 6.45) is 5.28. The van der Waals surface area contributed by atoms with Crippen molar-refractivity contribution in [3.63, 3.8) is 0 Å². The molecule has 0 bridgehead atoms. The second kappa shape index (κ2) is 3.66. The number of terminal acetylenes is 1. The van der Waals surface area contributed by atoms with E-state index in [0.717, 1.165) is 16.9 Å². The number of nitrogens with zero attached hydrogens (tertiary/aromatic N) is 1. The zero-order valence-corrected chi connectivity index (χ0v) is 8.58. The summed E-state index contributed by atoms with van der Waals surface area (Å²) >= 11 is 0. The highest BCUT2D eigenvalue weighted by atomic mass is 16.2. The number of anilines is 2. The van der Waals surface area contributed by atoms with E-state index in [4.69, 9.17) is 6.42 Å². The number of carbonyl (C=O) groups excluding carboxylic acids is 1. The number of fused-ring (bicyclic) bond motifs is 1. The normalized spacial score (nSPS) is 14.1. The fraction of sp³-hybridized carbons (Fsp3) is 0.250. The first-order chi connectivity index (χ1) is 7.20. The lowest BCUT2D eigenvalue weighted by Gasteiger charge is -2.29. The van der Waals surface area contributed by atoms with Crippen molar-refractivity contribution in [3.05, 3.63) is 23.8 Å². The molecule has 0 radical (unpaired) electrons. The molecule has 1 aromatic rings. The predicted octanol–water partition coefficient (Wildman–Crippen LogP) is 1.39. The Morgan fingerprint density at radius 3 is 3.13 bits per heavy atom. The second-order valence-corrected chi connectivity index (χ2v) is 3.63. The monoisotopic (exact) mass is 200 g/mol. The highest BCUT2D eigenvalue weighted by molar-refractivity contribution is 6.01. The zero-order valence-electron chi connectivity index (χ0n) is 8.58. The molecule has 1 N–H and O–H groups in total. The maximum Gasteiger partial charge on any atom is 0.243 e. The molecule has 0 saturated carbocycles. The Bertz CT molecular complexity index is 445. The van der Waals surface area contributed by atoms with Gasteiger partial charge >= 0.3 is 0 Å². The van der Waals surface area contributed by atoms with Crippen molar-refractivity contribution in [2.75, 3.05) is 23.3 Å². The third kappa shape index (κ3) is 1.79. The van der Waals surface area contributed by atoms with Gasteiger partial charge in [-0.3, -0.25) is 4.79 Å². The van der Waals surface area contributed by atoms with Crippen molar-refractivity contribution >= 4 is 17.3 Å². The summed E-state index contributed by atoms with van der Waals surface area (Å²) in [6, 6.07) is 5.91. The Labute approximate surface area is 89.1 Å². The Morgan fingerprint density at radius 1 is 1.60 bits per heavy atom. The molecule has 1 heterocycles. The number of hydrogen-bond donors (Lipinski definition) is 1.